The predicted octanol–water partition coefficient (Wildman–Crippen LogP) is 4.41. The molecule has 0 saturated carbocycles. The molecule has 0 aliphatic carbocycles. The van der Waals surface area contributed by atoms with E-state index in [1.165, 1.54) is 0 Å². The summed E-state index contributed by atoms with van der Waals surface area (Å²) in [5.41, 5.74) is 4.18. The molecule has 0 heterocycles. The van der Waals surface area contributed by atoms with Crippen LogP contribution in [0.3, 0.4) is 0 Å². The molecule has 0 aliphatic rings. The molecular formula is C19H23NO2. The zero-order chi connectivity index (χ0) is 16.1. The van der Waals surface area contributed by atoms with Crippen LogP contribution in [0.2, 0.25) is 0 Å². The van der Waals surface area contributed by atoms with E-state index < -0.39 is 6.10 Å². The van der Waals surface area contributed by atoms with E-state index in [9.17, 15) is 4.79 Å². The summed E-state index contributed by atoms with van der Waals surface area (Å²) in [5, 5.41) is 2.95. The lowest BCUT2D eigenvalue weighted by Gasteiger charge is -2.18. The van der Waals surface area contributed by atoms with Gasteiger partial charge in [-0.15, -0.1) is 0 Å². The van der Waals surface area contributed by atoms with Crippen LogP contribution in [0.15, 0.2) is 42.5 Å². The minimum atomic E-state index is -0.498. The molecule has 3 nitrogen and oxygen atoms in total. The third kappa shape index (κ3) is 4.35. The highest BCUT2D eigenvalue weighted by molar-refractivity contribution is 5.94. The lowest BCUT2D eigenvalue weighted by Crippen LogP contribution is -2.32. The molecule has 116 valence electrons. The SMILES string of the molecule is CC[C@H](Oc1cccc(C)c1)C(=O)Nc1cc(C)cc(C)c1. The minimum Gasteiger partial charge on any atom is -0.481 e. The summed E-state index contributed by atoms with van der Waals surface area (Å²) >= 11 is 0. The predicted molar refractivity (Wildman–Crippen MR) is 90.4 cm³/mol. The molecule has 2 aromatic rings. The second-order valence-corrected chi connectivity index (χ2v) is 5.70. The molecule has 1 atom stereocenters. The maximum absolute atomic E-state index is 12.4. The van der Waals surface area contributed by atoms with Gasteiger partial charge in [-0.2, -0.15) is 0 Å². The van der Waals surface area contributed by atoms with Crippen molar-refractivity contribution in [2.75, 3.05) is 5.32 Å². The van der Waals surface area contributed by atoms with Gasteiger partial charge in [-0.1, -0.05) is 25.1 Å². The summed E-state index contributed by atoms with van der Waals surface area (Å²) in [4.78, 5) is 12.4. The topological polar surface area (TPSA) is 38.3 Å². The Morgan fingerprint density at radius 2 is 1.73 bits per heavy atom. The maximum atomic E-state index is 12.4. The summed E-state index contributed by atoms with van der Waals surface area (Å²) in [7, 11) is 0. The number of ether oxygens (including phenoxy) is 1. The van der Waals surface area contributed by atoms with Crippen molar-refractivity contribution in [2.45, 2.75) is 40.2 Å². The normalized spacial score (nSPS) is 11.8. The number of carbonyl (C=O) groups excluding carboxylic acids is 1. The van der Waals surface area contributed by atoms with Gasteiger partial charge in [-0.05, 0) is 68.1 Å². The first-order chi connectivity index (χ1) is 10.5. The van der Waals surface area contributed by atoms with Gasteiger partial charge in [0.05, 0.1) is 0 Å². The summed E-state index contributed by atoms with van der Waals surface area (Å²) in [6.07, 6.45) is 0.118. The standard InChI is InChI=1S/C19H23NO2/c1-5-18(22-17-8-6-7-13(2)12-17)19(21)20-16-10-14(3)9-15(4)11-16/h6-12,18H,5H2,1-4H3,(H,20,21)/t18-/m0/s1. The molecule has 0 aromatic heterocycles. The Bertz CT molecular complexity index is 644. The van der Waals surface area contributed by atoms with Gasteiger partial charge < -0.3 is 10.1 Å². The second-order valence-electron chi connectivity index (χ2n) is 5.70. The molecule has 0 fully saturated rings. The van der Waals surface area contributed by atoms with Crippen LogP contribution in [-0.4, -0.2) is 12.0 Å². The molecule has 2 aromatic carbocycles. The monoisotopic (exact) mass is 297 g/mol. The van der Waals surface area contributed by atoms with Gasteiger partial charge in [0.2, 0.25) is 0 Å². The third-order valence-electron chi connectivity index (χ3n) is 3.42. The second kappa shape index (κ2) is 7.12. The van der Waals surface area contributed by atoms with Crippen molar-refractivity contribution in [3.05, 3.63) is 59.2 Å². The van der Waals surface area contributed by atoms with Gasteiger partial charge in [0.1, 0.15) is 5.75 Å². The van der Waals surface area contributed by atoms with Gasteiger partial charge >= 0.3 is 0 Å². The Hall–Kier alpha value is -2.29. The van der Waals surface area contributed by atoms with Crippen molar-refractivity contribution in [1.82, 2.24) is 0 Å². The van der Waals surface area contributed by atoms with Crippen LogP contribution in [0.4, 0.5) is 5.69 Å². The van der Waals surface area contributed by atoms with Gasteiger partial charge in [0.15, 0.2) is 6.10 Å². The van der Waals surface area contributed by atoms with Crippen LogP contribution in [-0.2, 0) is 4.79 Å². The zero-order valence-corrected chi connectivity index (χ0v) is 13.6. The first-order valence-electron chi connectivity index (χ1n) is 7.60. The smallest absolute Gasteiger partial charge is 0.265 e. The Labute approximate surface area is 132 Å². The summed E-state index contributed by atoms with van der Waals surface area (Å²) < 4.78 is 5.83. The van der Waals surface area contributed by atoms with Gasteiger partial charge in [-0.3, -0.25) is 4.79 Å². The molecule has 0 radical (unpaired) electrons. The fraction of sp³-hybridized carbons (Fsp3) is 0.316. The molecule has 0 aliphatic heterocycles. The number of nitrogens with one attached hydrogen (secondary N) is 1. The fourth-order valence-electron chi connectivity index (χ4n) is 2.44. The van der Waals surface area contributed by atoms with Gasteiger partial charge in [0.25, 0.3) is 5.91 Å². The van der Waals surface area contributed by atoms with Gasteiger partial charge in [-0.25, -0.2) is 0 Å². The van der Waals surface area contributed by atoms with E-state index in [0.29, 0.717) is 6.42 Å². The van der Waals surface area contributed by atoms with Crippen molar-refractivity contribution >= 4 is 11.6 Å². The van der Waals surface area contributed by atoms with Crippen LogP contribution in [0.1, 0.15) is 30.0 Å². The summed E-state index contributed by atoms with van der Waals surface area (Å²) in [6, 6.07) is 13.7. The van der Waals surface area contributed by atoms with Crippen molar-refractivity contribution in [3.8, 4) is 5.75 Å². The molecule has 3 heteroatoms. The molecule has 0 unspecified atom stereocenters. The lowest BCUT2D eigenvalue weighted by molar-refractivity contribution is -0.122. The lowest BCUT2D eigenvalue weighted by atomic mass is 10.1. The summed E-state index contributed by atoms with van der Waals surface area (Å²) in [6.45, 7) is 7.98. The van der Waals surface area contributed by atoms with Crippen molar-refractivity contribution in [3.63, 3.8) is 0 Å². The Morgan fingerprint density at radius 1 is 1.05 bits per heavy atom. The zero-order valence-electron chi connectivity index (χ0n) is 13.6. The minimum absolute atomic E-state index is 0.117. The summed E-state index contributed by atoms with van der Waals surface area (Å²) in [5.74, 6) is 0.608. The number of carbonyl (C=O) groups is 1. The fourth-order valence-corrected chi connectivity index (χ4v) is 2.44. The molecule has 0 saturated heterocycles. The molecule has 1 N–H and O–H groups in total. The van der Waals surface area contributed by atoms with Crippen LogP contribution < -0.4 is 10.1 Å². The molecule has 22 heavy (non-hydrogen) atoms. The molecule has 0 spiro atoms. The van der Waals surface area contributed by atoms with Crippen molar-refractivity contribution in [1.29, 1.82) is 0 Å². The average Bonchev–Trinajstić information content (AvgIpc) is 2.43. The van der Waals surface area contributed by atoms with E-state index in [1.807, 2.05) is 64.1 Å². The van der Waals surface area contributed by atoms with Crippen molar-refractivity contribution < 1.29 is 9.53 Å². The van der Waals surface area contributed by atoms with Crippen LogP contribution in [0.25, 0.3) is 0 Å². The van der Waals surface area contributed by atoms with E-state index in [2.05, 4.69) is 11.4 Å². The van der Waals surface area contributed by atoms with E-state index in [-0.39, 0.29) is 5.91 Å². The maximum Gasteiger partial charge on any atom is 0.265 e. The number of amides is 1. The molecule has 0 bridgehead atoms. The first kappa shape index (κ1) is 16.1. The van der Waals surface area contributed by atoms with E-state index in [1.54, 1.807) is 0 Å². The quantitative estimate of drug-likeness (QED) is 0.888. The van der Waals surface area contributed by atoms with Crippen LogP contribution >= 0.6 is 0 Å². The Balaban J connectivity index is 2.08. The number of benzene rings is 2. The van der Waals surface area contributed by atoms with E-state index >= 15 is 0 Å². The molecule has 1 amide bonds. The number of aryl methyl sites for hydroxylation is 3. The third-order valence-corrected chi connectivity index (χ3v) is 3.42. The largest absolute Gasteiger partial charge is 0.481 e. The average molecular weight is 297 g/mol. The van der Waals surface area contributed by atoms with Gasteiger partial charge in [0, 0.05) is 5.69 Å². The first-order valence-corrected chi connectivity index (χ1v) is 7.60. The highest BCUT2D eigenvalue weighted by Crippen LogP contribution is 2.18. The Kier molecular flexibility index (Phi) is 5.21. The number of rotatable bonds is 5. The highest BCUT2D eigenvalue weighted by Gasteiger charge is 2.18. The molecule has 2 rings (SSSR count). The number of hydrogen-bond acceptors (Lipinski definition) is 2. The number of hydrogen-bond donors (Lipinski definition) is 1. The van der Waals surface area contributed by atoms with Crippen LogP contribution in [0.5, 0.6) is 5.75 Å². The number of anilines is 1. The molecular weight excluding hydrogens is 274 g/mol. The van der Waals surface area contributed by atoms with E-state index in [4.69, 9.17) is 4.74 Å². The van der Waals surface area contributed by atoms with Crippen LogP contribution in [0, 0.1) is 20.8 Å². The van der Waals surface area contributed by atoms with E-state index in [0.717, 1.165) is 28.1 Å². The van der Waals surface area contributed by atoms with Crippen molar-refractivity contribution in [2.24, 2.45) is 0 Å². The highest BCUT2D eigenvalue weighted by atomic mass is 16.5. The Morgan fingerprint density at radius 3 is 2.32 bits per heavy atom.